The third kappa shape index (κ3) is 4.15. The first-order chi connectivity index (χ1) is 11.9. The molecule has 25 heavy (non-hydrogen) atoms. The number of aromatic nitrogens is 3. The van der Waals surface area contributed by atoms with Crippen LogP contribution in [0.2, 0.25) is 0 Å². The molecule has 7 nitrogen and oxygen atoms in total. The van der Waals surface area contributed by atoms with Gasteiger partial charge >= 0.3 is 0 Å². The molecule has 0 spiro atoms. The zero-order chi connectivity index (χ0) is 18.6. The van der Waals surface area contributed by atoms with Crippen LogP contribution in [-0.4, -0.2) is 20.6 Å². The van der Waals surface area contributed by atoms with Gasteiger partial charge in [-0.05, 0) is 51.8 Å². The molecule has 0 aliphatic heterocycles. The summed E-state index contributed by atoms with van der Waals surface area (Å²) in [5.41, 5.74) is 3.07. The number of nitriles is 1. The van der Waals surface area contributed by atoms with E-state index in [1.807, 2.05) is 26.0 Å². The number of aryl methyl sites for hydroxylation is 2. The SMILES string of the molecule is CCCn1c(C)cc(/C=C(/C#N)C(=O)N[C@H](C)c2nc(C)no2)c1C. The largest absolute Gasteiger partial charge is 0.349 e. The maximum absolute atomic E-state index is 12.4. The Kier molecular flexibility index (Phi) is 5.75. The zero-order valence-corrected chi connectivity index (χ0v) is 15.3. The van der Waals surface area contributed by atoms with E-state index >= 15 is 0 Å². The lowest BCUT2D eigenvalue weighted by Crippen LogP contribution is -2.27. The molecular formula is C18H23N5O2. The van der Waals surface area contributed by atoms with E-state index in [0.29, 0.717) is 11.7 Å². The molecule has 0 aliphatic rings. The predicted octanol–water partition coefficient (Wildman–Crippen LogP) is 2.99. The van der Waals surface area contributed by atoms with Gasteiger partial charge in [-0.25, -0.2) is 0 Å². The number of rotatable bonds is 6. The van der Waals surface area contributed by atoms with Crippen LogP contribution in [0.4, 0.5) is 0 Å². The second-order valence-electron chi connectivity index (χ2n) is 6.02. The average Bonchev–Trinajstić information content (AvgIpc) is 3.11. The second kappa shape index (κ2) is 7.79. The Labute approximate surface area is 147 Å². The number of carbonyl (C=O) groups excluding carboxylic acids is 1. The monoisotopic (exact) mass is 341 g/mol. The van der Waals surface area contributed by atoms with E-state index in [4.69, 9.17) is 4.52 Å². The standard InChI is InChI=1S/C18H23N5O2/c1-6-7-23-11(2)8-15(13(23)4)9-16(10-19)17(24)20-12(3)18-21-14(5)22-25-18/h8-9,12H,6-7H2,1-5H3,(H,20,24)/b16-9-/t12-/m1/s1. The quantitative estimate of drug-likeness (QED) is 0.643. The van der Waals surface area contributed by atoms with Gasteiger partial charge in [-0.2, -0.15) is 10.2 Å². The Morgan fingerprint density at radius 1 is 1.48 bits per heavy atom. The number of nitrogens with zero attached hydrogens (tertiary/aromatic N) is 4. The van der Waals surface area contributed by atoms with E-state index in [1.54, 1.807) is 19.9 Å². The molecule has 2 aromatic heterocycles. The second-order valence-corrected chi connectivity index (χ2v) is 6.02. The van der Waals surface area contributed by atoms with Crippen LogP contribution < -0.4 is 5.32 Å². The normalized spacial score (nSPS) is 12.7. The molecule has 2 rings (SSSR count). The van der Waals surface area contributed by atoms with E-state index in [-0.39, 0.29) is 5.57 Å². The molecule has 0 saturated heterocycles. The predicted molar refractivity (Wildman–Crippen MR) is 93.4 cm³/mol. The summed E-state index contributed by atoms with van der Waals surface area (Å²) in [6.45, 7) is 10.5. The Hall–Kier alpha value is -2.88. The third-order valence-corrected chi connectivity index (χ3v) is 3.99. The molecule has 132 valence electrons. The average molecular weight is 341 g/mol. The van der Waals surface area contributed by atoms with Crippen molar-refractivity contribution >= 4 is 12.0 Å². The van der Waals surface area contributed by atoms with Gasteiger partial charge in [0.05, 0.1) is 0 Å². The van der Waals surface area contributed by atoms with Gasteiger partial charge in [-0.1, -0.05) is 12.1 Å². The van der Waals surface area contributed by atoms with Crippen LogP contribution >= 0.6 is 0 Å². The van der Waals surface area contributed by atoms with Crippen molar-refractivity contribution in [3.63, 3.8) is 0 Å². The molecule has 0 saturated carbocycles. The first kappa shape index (κ1) is 18.5. The Morgan fingerprint density at radius 3 is 2.76 bits per heavy atom. The van der Waals surface area contributed by atoms with Crippen LogP contribution in [0.1, 0.15) is 55.0 Å². The summed E-state index contributed by atoms with van der Waals surface area (Å²) < 4.78 is 7.23. The lowest BCUT2D eigenvalue weighted by Gasteiger charge is -2.09. The molecule has 0 aromatic carbocycles. The minimum absolute atomic E-state index is 0.0415. The summed E-state index contributed by atoms with van der Waals surface area (Å²) >= 11 is 0. The van der Waals surface area contributed by atoms with Gasteiger partial charge < -0.3 is 14.4 Å². The summed E-state index contributed by atoms with van der Waals surface area (Å²) in [7, 11) is 0. The zero-order valence-electron chi connectivity index (χ0n) is 15.3. The van der Waals surface area contributed by atoms with Crippen molar-refractivity contribution in [2.75, 3.05) is 0 Å². The van der Waals surface area contributed by atoms with E-state index < -0.39 is 11.9 Å². The van der Waals surface area contributed by atoms with Crippen molar-refractivity contribution in [2.45, 2.75) is 53.6 Å². The molecule has 0 bridgehead atoms. The molecule has 0 radical (unpaired) electrons. The Bertz CT molecular complexity index is 838. The van der Waals surface area contributed by atoms with Crippen molar-refractivity contribution in [3.8, 4) is 6.07 Å². The summed E-state index contributed by atoms with van der Waals surface area (Å²) in [4.78, 5) is 16.5. The maximum Gasteiger partial charge on any atom is 0.262 e. The summed E-state index contributed by atoms with van der Waals surface area (Å²) in [5, 5.41) is 15.8. The van der Waals surface area contributed by atoms with Crippen LogP contribution in [0.5, 0.6) is 0 Å². The molecule has 1 amide bonds. The molecule has 0 fully saturated rings. The molecular weight excluding hydrogens is 318 g/mol. The minimum atomic E-state index is -0.474. The van der Waals surface area contributed by atoms with E-state index in [1.165, 1.54) is 0 Å². The molecule has 2 heterocycles. The number of hydrogen-bond acceptors (Lipinski definition) is 5. The molecule has 2 aromatic rings. The highest BCUT2D eigenvalue weighted by molar-refractivity contribution is 6.01. The van der Waals surface area contributed by atoms with Crippen molar-refractivity contribution in [3.05, 3.63) is 40.3 Å². The first-order valence-electron chi connectivity index (χ1n) is 8.27. The smallest absolute Gasteiger partial charge is 0.262 e. The summed E-state index contributed by atoms with van der Waals surface area (Å²) in [5.74, 6) is 0.339. The van der Waals surface area contributed by atoms with Crippen molar-refractivity contribution in [2.24, 2.45) is 0 Å². The van der Waals surface area contributed by atoms with E-state index in [9.17, 15) is 10.1 Å². The molecule has 1 atom stereocenters. The summed E-state index contributed by atoms with van der Waals surface area (Å²) in [6, 6.07) is 3.49. The highest BCUT2D eigenvalue weighted by atomic mass is 16.5. The molecule has 0 unspecified atom stereocenters. The van der Waals surface area contributed by atoms with Crippen molar-refractivity contribution in [1.29, 1.82) is 5.26 Å². The van der Waals surface area contributed by atoms with Gasteiger partial charge in [0.15, 0.2) is 5.82 Å². The van der Waals surface area contributed by atoms with Crippen LogP contribution in [0.25, 0.3) is 6.08 Å². The maximum atomic E-state index is 12.4. The van der Waals surface area contributed by atoms with Crippen molar-refractivity contribution < 1.29 is 9.32 Å². The number of nitrogens with one attached hydrogen (secondary N) is 1. The topological polar surface area (TPSA) is 96.7 Å². The highest BCUT2D eigenvalue weighted by Gasteiger charge is 2.19. The van der Waals surface area contributed by atoms with Gasteiger partial charge in [0, 0.05) is 17.9 Å². The molecule has 0 aliphatic carbocycles. The fourth-order valence-electron chi connectivity index (χ4n) is 2.67. The van der Waals surface area contributed by atoms with E-state index in [2.05, 4.69) is 26.9 Å². The van der Waals surface area contributed by atoms with Crippen LogP contribution in [-0.2, 0) is 11.3 Å². The fraction of sp³-hybridized carbons (Fsp3) is 0.444. The molecule has 7 heteroatoms. The van der Waals surface area contributed by atoms with Gasteiger partial charge in [0.1, 0.15) is 17.7 Å². The van der Waals surface area contributed by atoms with Gasteiger partial charge in [-0.3, -0.25) is 4.79 Å². The third-order valence-electron chi connectivity index (χ3n) is 3.99. The number of amides is 1. The van der Waals surface area contributed by atoms with Gasteiger partial charge in [-0.15, -0.1) is 0 Å². The lowest BCUT2D eigenvalue weighted by atomic mass is 10.1. The van der Waals surface area contributed by atoms with E-state index in [0.717, 1.165) is 29.9 Å². The summed E-state index contributed by atoms with van der Waals surface area (Å²) in [6.07, 6.45) is 2.64. The van der Waals surface area contributed by atoms with Crippen LogP contribution in [0.3, 0.4) is 0 Å². The number of hydrogen-bond donors (Lipinski definition) is 1. The van der Waals surface area contributed by atoms with Gasteiger partial charge in [0.2, 0.25) is 5.89 Å². The Morgan fingerprint density at radius 2 is 2.20 bits per heavy atom. The first-order valence-corrected chi connectivity index (χ1v) is 8.27. The lowest BCUT2D eigenvalue weighted by molar-refractivity contribution is -0.117. The van der Waals surface area contributed by atoms with Gasteiger partial charge in [0.25, 0.3) is 5.91 Å². The highest BCUT2D eigenvalue weighted by Crippen LogP contribution is 2.19. The number of carbonyl (C=O) groups is 1. The van der Waals surface area contributed by atoms with Crippen LogP contribution in [0.15, 0.2) is 16.2 Å². The van der Waals surface area contributed by atoms with Crippen molar-refractivity contribution in [1.82, 2.24) is 20.0 Å². The molecule has 1 N–H and O–H groups in total. The van der Waals surface area contributed by atoms with Crippen LogP contribution in [0, 0.1) is 32.1 Å². The fourth-order valence-corrected chi connectivity index (χ4v) is 2.67. The minimum Gasteiger partial charge on any atom is -0.349 e. The Balaban J connectivity index is 2.21.